The lowest BCUT2D eigenvalue weighted by molar-refractivity contribution is 0.0560. The minimum atomic E-state index is 0.183. The Balaban J connectivity index is 1.46. The van der Waals surface area contributed by atoms with Crippen molar-refractivity contribution < 1.29 is 14.1 Å². The van der Waals surface area contributed by atoms with E-state index < -0.39 is 0 Å². The maximum Gasteiger partial charge on any atom is 0.264 e. The molecule has 0 saturated carbocycles. The van der Waals surface area contributed by atoms with Crippen molar-refractivity contribution in [3.63, 3.8) is 0 Å². The maximum absolute atomic E-state index is 12.8. The number of carbonyl (C=O) groups excluding carboxylic acids is 1. The minimum absolute atomic E-state index is 0.183. The van der Waals surface area contributed by atoms with Gasteiger partial charge < -0.3 is 14.2 Å². The van der Waals surface area contributed by atoms with Crippen molar-refractivity contribution in [1.29, 1.82) is 0 Å². The summed E-state index contributed by atoms with van der Waals surface area (Å²) in [5.41, 5.74) is 0. The number of rotatable bonds is 5. The van der Waals surface area contributed by atoms with E-state index >= 15 is 0 Å². The molecule has 128 valence electrons. The van der Waals surface area contributed by atoms with Gasteiger partial charge in [-0.1, -0.05) is 11.2 Å². The SMILES string of the molecule is COCCc1noc(C2C[C@H]3CC[C@@H](C2)N3C(=O)c2cccs2)n1. The normalized spacial score (nSPS) is 26.0. The van der Waals surface area contributed by atoms with Gasteiger partial charge in [0.15, 0.2) is 5.82 Å². The van der Waals surface area contributed by atoms with E-state index in [1.165, 1.54) is 11.3 Å². The predicted octanol–water partition coefficient (Wildman–Crippen LogP) is 2.87. The summed E-state index contributed by atoms with van der Waals surface area (Å²) < 4.78 is 10.5. The van der Waals surface area contributed by atoms with Crippen molar-refractivity contribution in [3.05, 3.63) is 34.1 Å². The molecule has 2 aromatic heterocycles. The van der Waals surface area contributed by atoms with Gasteiger partial charge >= 0.3 is 0 Å². The molecule has 2 bridgehead atoms. The molecule has 6 nitrogen and oxygen atoms in total. The highest BCUT2D eigenvalue weighted by Gasteiger charge is 2.45. The predicted molar refractivity (Wildman–Crippen MR) is 89.2 cm³/mol. The highest BCUT2D eigenvalue weighted by molar-refractivity contribution is 7.12. The van der Waals surface area contributed by atoms with E-state index in [1.54, 1.807) is 7.11 Å². The molecule has 24 heavy (non-hydrogen) atoms. The maximum atomic E-state index is 12.8. The van der Waals surface area contributed by atoms with E-state index in [9.17, 15) is 4.79 Å². The summed E-state index contributed by atoms with van der Waals surface area (Å²) >= 11 is 1.52. The number of ether oxygens (including phenoxy) is 1. The van der Waals surface area contributed by atoms with Crippen LogP contribution in [0.3, 0.4) is 0 Å². The summed E-state index contributed by atoms with van der Waals surface area (Å²) in [7, 11) is 1.67. The first-order chi connectivity index (χ1) is 11.8. The van der Waals surface area contributed by atoms with Crippen LogP contribution < -0.4 is 0 Å². The largest absolute Gasteiger partial charge is 0.384 e. The van der Waals surface area contributed by atoms with E-state index in [-0.39, 0.29) is 23.9 Å². The van der Waals surface area contributed by atoms with E-state index in [2.05, 4.69) is 15.0 Å². The number of methoxy groups -OCH3 is 1. The second kappa shape index (κ2) is 6.64. The van der Waals surface area contributed by atoms with Gasteiger partial charge in [0.2, 0.25) is 5.89 Å². The van der Waals surface area contributed by atoms with E-state index in [1.807, 2.05) is 17.5 Å². The fourth-order valence-electron chi connectivity index (χ4n) is 3.97. The molecule has 0 radical (unpaired) electrons. The molecule has 1 unspecified atom stereocenters. The molecular weight excluding hydrogens is 326 g/mol. The topological polar surface area (TPSA) is 68.5 Å². The third-order valence-corrected chi connectivity index (χ3v) is 5.92. The van der Waals surface area contributed by atoms with Crippen LogP contribution in [0, 0.1) is 0 Å². The Morgan fingerprint density at radius 3 is 2.88 bits per heavy atom. The molecule has 4 rings (SSSR count). The molecule has 0 spiro atoms. The van der Waals surface area contributed by atoms with Crippen LogP contribution in [0.5, 0.6) is 0 Å². The third-order valence-electron chi connectivity index (χ3n) is 5.06. The number of piperidine rings is 1. The lowest BCUT2D eigenvalue weighted by Crippen LogP contribution is -2.45. The Kier molecular flexibility index (Phi) is 4.37. The summed E-state index contributed by atoms with van der Waals surface area (Å²) in [6.45, 7) is 0.595. The van der Waals surface area contributed by atoms with Crippen molar-refractivity contribution in [2.75, 3.05) is 13.7 Å². The van der Waals surface area contributed by atoms with Crippen LogP contribution in [-0.2, 0) is 11.2 Å². The van der Waals surface area contributed by atoms with Crippen LogP contribution in [0.1, 0.15) is 53.0 Å². The molecule has 2 fully saturated rings. The van der Waals surface area contributed by atoms with Crippen LogP contribution in [0.2, 0.25) is 0 Å². The Morgan fingerprint density at radius 1 is 1.42 bits per heavy atom. The van der Waals surface area contributed by atoms with Crippen LogP contribution >= 0.6 is 11.3 Å². The Hall–Kier alpha value is -1.73. The molecule has 3 atom stereocenters. The van der Waals surface area contributed by atoms with E-state index in [0.717, 1.165) is 36.5 Å². The molecule has 4 heterocycles. The van der Waals surface area contributed by atoms with Crippen LogP contribution in [0.25, 0.3) is 0 Å². The number of hydrogen-bond donors (Lipinski definition) is 0. The lowest BCUT2D eigenvalue weighted by Gasteiger charge is -2.37. The minimum Gasteiger partial charge on any atom is -0.384 e. The average Bonchev–Trinajstić information content (AvgIpc) is 3.32. The van der Waals surface area contributed by atoms with Gasteiger partial charge in [-0.25, -0.2) is 0 Å². The molecule has 0 aromatic carbocycles. The fourth-order valence-corrected chi connectivity index (χ4v) is 4.63. The first-order valence-electron chi connectivity index (χ1n) is 8.44. The van der Waals surface area contributed by atoms with Gasteiger partial charge in [0, 0.05) is 31.5 Å². The first-order valence-corrected chi connectivity index (χ1v) is 9.32. The smallest absolute Gasteiger partial charge is 0.264 e. The summed E-state index contributed by atoms with van der Waals surface area (Å²) in [6.07, 6.45) is 4.65. The van der Waals surface area contributed by atoms with Crippen molar-refractivity contribution in [2.24, 2.45) is 0 Å². The monoisotopic (exact) mass is 347 g/mol. The summed E-state index contributed by atoms with van der Waals surface area (Å²) in [6, 6.07) is 4.43. The van der Waals surface area contributed by atoms with Gasteiger partial charge in [0.05, 0.1) is 11.5 Å². The Bertz CT molecular complexity index is 686. The molecule has 0 N–H and O–H groups in total. The molecule has 2 aromatic rings. The number of hydrogen-bond acceptors (Lipinski definition) is 6. The molecule has 2 saturated heterocycles. The summed E-state index contributed by atoms with van der Waals surface area (Å²) in [5, 5.41) is 6.01. The summed E-state index contributed by atoms with van der Waals surface area (Å²) in [5.74, 6) is 1.87. The number of nitrogens with zero attached hydrogens (tertiary/aromatic N) is 3. The van der Waals surface area contributed by atoms with E-state index in [0.29, 0.717) is 18.9 Å². The van der Waals surface area contributed by atoms with Crippen molar-refractivity contribution >= 4 is 17.2 Å². The zero-order valence-electron chi connectivity index (χ0n) is 13.7. The Labute approximate surface area is 144 Å². The van der Waals surface area contributed by atoms with Gasteiger partial charge in [-0.05, 0) is 37.1 Å². The van der Waals surface area contributed by atoms with Gasteiger partial charge in [0.1, 0.15) is 0 Å². The van der Waals surface area contributed by atoms with Gasteiger partial charge in [0.25, 0.3) is 5.91 Å². The van der Waals surface area contributed by atoms with Crippen molar-refractivity contribution in [3.8, 4) is 0 Å². The standard InChI is InChI=1S/C17H21N3O3S/c1-22-7-6-15-18-16(23-19-15)11-9-12-4-5-13(10-11)20(12)17(21)14-3-2-8-24-14/h2-3,8,11-13H,4-7,9-10H2,1H3/t11?,12-,13+. The third kappa shape index (κ3) is 2.86. The quantitative estimate of drug-likeness (QED) is 0.832. The molecular formula is C17H21N3O3S. The van der Waals surface area contributed by atoms with Gasteiger partial charge in [-0.3, -0.25) is 4.79 Å². The van der Waals surface area contributed by atoms with Gasteiger partial charge in [-0.15, -0.1) is 11.3 Å². The summed E-state index contributed by atoms with van der Waals surface area (Å²) in [4.78, 5) is 20.2. The van der Waals surface area contributed by atoms with Crippen LogP contribution in [0.4, 0.5) is 0 Å². The van der Waals surface area contributed by atoms with Gasteiger partial charge in [-0.2, -0.15) is 4.98 Å². The molecule has 0 aliphatic carbocycles. The molecule has 2 aliphatic rings. The zero-order valence-corrected chi connectivity index (χ0v) is 14.5. The molecule has 2 aliphatic heterocycles. The zero-order chi connectivity index (χ0) is 16.5. The second-order valence-electron chi connectivity index (χ2n) is 6.53. The average molecular weight is 347 g/mol. The van der Waals surface area contributed by atoms with E-state index in [4.69, 9.17) is 9.26 Å². The highest BCUT2D eigenvalue weighted by Crippen LogP contribution is 2.43. The number of fused-ring (bicyclic) bond motifs is 2. The van der Waals surface area contributed by atoms with Crippen molar-refractivity contribution in [2.45, 2.75) is 50.1 Å². The number of aromatic nitrogens is 2. The molecule has 7 heteroatoms. The number of carbonyl (C=O) groups is 1. The highest BCUT2D eigenvalue weighted by atomic mass is 32.1. The fraction of sp³-hybridized carbons (Fsp3) is 0.588. The van der Waals surface area contributed by atoms with Crippen LogP contribution in [0.15, 0.2) is 22.0 Å². The second-order valence-corrected chi connectivity index (χ2v) is 7.48. The molecule has 1 amide bonds. The number of amides is 1. The lowest BCUT2D eigenvalue weighted by atomic mass is 9.90. The first kappa shape index (κ1) is 15.8. The van der Waals surface area contributed by atoms with Crippen molar-refractivity contribution in [1.82, 2.24) is 15.0 Å². The Morgan fingerprint density at radius 2 is 2.21 bits per heavy atom. The van der Waals surface area contributed by atoms with Crippen LogP contribution in [-0.4, -0.2) is 46.7 Å². The number of thiophene rings is 1.